The maximum atomic E-state index is 12.6. The summed E-state index contributed by atoms with van der Waals surface area (Å²) >= 11 is 0. The van der Waals surface area contributed by atoms with Gasteiger partial charge in [0.15, 0.2) is 0 Å². The van der Waals surface area contributed by atoms with Crippen LogP contribution in [0.4, 0.5) is 22.0 Å². The van der Waals surface area contributed by atoms with Gasteiger partial charge in [0.1, 0.15) is 0 Å². The zero-order valence-corrected chi connectivity index (χ0v) is 8.98. The lowest BCUT2D eigenvalue weighted by Crippen LogP contribution is -2.54. The van der Waals surface area contributed by atoms with Gasteiger partial charge in [0, 0.05) is 12.6 Å². The standard InChI is InChI=1S/C9H12F5NO2/c1-5-4-6(2-3-17-5)15-7(16)8(10,11)9(12,13)14/h5-6H,2-4H2,1H3,(H,15,16). The summed E-state index contributed by atoms with van der Waals surface area (Å²) in [5.41, 5.74) is 0. The number of rotatable bonds is 2. The second-order valence-corrected chi connectivity index (χ2v) is 3.95. The summed E-state index contributed by atoms with van der Waals surface area (Å²) in [4.78, 5) is 10.9. The minimum Gasteiger partial charge on any atom is -0.378 e. The van der Waals surface area contributed by atoms with Crippen molar-refractivity contribution in [1.29, 1.82) is 0 Å². The minimum absolute atomic E-state index is 0.222. The molecule has 2 unspecified atom stereocenters. The van der Waals surface area contributed by atoms with E-state index in [0.29, 0.717) is 0 Å². The lowest BCUT2D eigenvalue weighted by atomic mass is 10.0. The van der Waals surface area contributed by atoms with Crippen LogP contribution in [0.15, 0.2) is 0 Å². The number of nitrogens with one attached hydrogen (secondary N) is 1. The highest BCUT2D eigenvalue weighted by Crippen LogP contribution is 2.35. The van der Waals surface area contributed by atoms with Crippen molar-refractivity contribution in [2.24, 2.45) is 0 Å². The molecular formula is C9H12F5NO2. The van der Waals surface area contributed by atoms with E-state index >= 15 is 0 Å². The molecule has 0 radical (unpaired) electrons. The van der Waals surface area contributed by atoms with E-state index in [0.717, 1.165) is 0 Å². The molecule has 0 aromatic carbocycles. The van der Waals surface area contributed by atoms with E-state index in [1.165, 1.54) is 0 Å². The smallest absolute Gasteiger partial charge is 0.378 e. The normalized spacial score (nSPS) is 26.7. The van der Waals surface area contributed by atoms with Crippen LogP contribution in [0.1, 0.15) is 19.8 Å². The Bertz CT molecular complexity index is 292. The van der Waals surface area contributed by atoms with Gasteiger partial charge in [-0.3, -0.25) is 4.79 Å². The second-order valence-electron chi connectivity index (χ2n) is 3.95. The Hall–Kier alpha value is -0.920. The van der Waals surface area contributed by atoms with Crippen molar-refractivity contribution in [2.75, 3.05) is 6.61 Å². The second kappa shape index (κ2) is 4.75. The molecule has 1 saturated heterocycles. The first-order valence-corrected chi connectivity index (χ1v) is 5.01. The van der Waals surface area contributed by atoms with Crippen molar-refractivity contribution in [3.63, 3.8) is 0 Å². The lowest BCUT2D eigenvalue weighted by Gasteiger charge is -2.29. The Morgan fingerprint density at radius 1 is 1.29 bits per heavy atom. The van der Waals surface area contributed by atoms with Crippen molar-refractivity contribution < 1.29 is 31.5 Å². The maximum Gasteiger partial charge on any atom is 0.463 e. The van der Waals surface area contributed by atoms with Crippen LogP contribution >= 0.6 is 0 Å². The molecule has 0 saturated carbocycles. The number of carbonyl (C=O) groups is 1. The summed E-state index contributed by atoms with van der Waals surface area (Å²) in [6, 6.07) is -0.709. The summed E-state index contributed by atoms with van der Waals surface area (Å²) in [6.07, 6.45) is -5.69. The van der Waals surface area contributed by atoms with Crippen molar-refractivity contribution in [1.82, 2.24) is 5.32 Å². The molecule has 1 heterocycles. The van der Waals surface area contributed by atoms with Crippen LogP contribution in [0.5, 0.6) is 0 Å². The van der Waals surface area contributed by atoms with Gasteiger partial charge in [-0.2, -0.15) is 22.0 Å². The first-order chi connectivity index (χ1) is 7.64. The Balaban J connectivity index is 2.60. The van der Waals surface area contributed by atoms with Gasteiger partial charge in [-0.15, -0.1) is 0 Å². The third-order valence-corrected chi connectivity index (χ3v) is 2.46. The van der Waals surface area contributed by atoms with Gasteiger partial charge in [0.2, 0.25) is 0 Å². The van der Waals surface area contributed by atoms with Gasteiger partial charge in [-0.1, -0.05) is 0 Å². The third kappa shape index (κ3) is 3.27. The molecule has 0 aromatic heterocycles. The molecule has 1 aliphatic rings. The first-order valence-electron chi connectivity index (χ1n) is 5.01. The average molecular weight is 261 g/mol. The molecule has 8 heteroatoms. The van der Waals surface area contributed by atoms with Gasteiger partial charge >= 0.3 is 18.0 Å². The summed E-state index contributed by atoms with van der Waals surface area (Å²) in [5.74, 6) is -7.65. The Morgan fingerprint density at radius 2 is 1.88 bits per heavy atom. The minimum atomic E-state index is -5.87. The molecule has 0 bridgehead atoms. The molecule has 1 aliphatic heterocycles. The number of amides is 1. The number of halogens is 5. The molecule has 1 fully saturated rings. The number of carbonyl (C=O) groups excluding carboxylic acids is 1. The van der Waals surface area contributed by atoms with E-state index in [1.807, 2.05) is 0 Å². The predicted octanol–water partition coefficient (Wildman–Crippen LogP) is 1.87. The van der Waals surface area contributed by atoms with Crippen molar-refractivity contribution in [2.45, 2.75) is 44.0 Å². The van der Waals surface area contributed by atoms with E-state index in [9.17, 15) is 26.7 Å². The van der Waals surface area contributed by atoms with Gasteiger partial charge in [-0.05, 0) is 19.8 Å². The van der Waals surface area contributed by atoms with Crippen LogP contribution in [0.25, 0.3) is 0 Å². The highest BCUT2D eigenvalue weighted by molar-refractivity contribution is 5.84. The van der Waals surface area contributed by atoms with Gasteiger partial charge in [0.05, 0.1) is 6.10 Å². The fourth-order valence-corrected chi connectivity index (χ4v) is 1.53. The van der Waals surface area contributed by atoms with Crippen molar-refractivity contribution >= 4 is 5.91 Å². The molecule has 0 aliphatic carbocycles. The van der Waals surface area contributed by atoms with Crippen LogP contribution in [0.2, 0.25) is 0 Å². The fraction of sp³-hybridized carbons (Fsp3) is 0.889. The van der Waals surface area contributed by atoms with Gasteiger partial charge < -0.3 is 10.1 Å². The monoisotopic (exact) mass is 261 g/mol. The maximum absolute atomic E-state index is 12.6. The Kier molecular flexibility index (Phi) is 3.95. The summed E-state index contributed by atoms with van der Waals surface area (Å²) in [5, 5.41) is 1.71. The van der Waals surface area contributed by atoms with E-state index in [1.54, 1.807) is 12.2 Å². The Morgan fingerprint density at radius 3 is 2.35 bits per heavy atom. The van der Waals surface area contributed by atoms with E-state index < -0.39 is 24.0 Å². The Labute approximate surface area is 94.3 Å². The largest absolute Gasteiger partial charge is 0.463 e. The molecule has 100 valence electrons. The van der Waals surface area contributed by atoms with Crippen molar-refractivity contribution in [3.8, 4) is 0 Å². The molecule has 3 nitrogen and oxygen atoms in total. The van der Waals surface area contributed by atoms with E-state index in [4.69, 9.17) is 4.74 Å². The van der Waals surface area contributed by atoms with Crippen LogP contribution in [0.3, 0.4) is 0 Å². The average Bonchev–Trinajstić information content (AvgIpc) is 2.15. The molecule has 2 atom stereocenters. The zero-order valence-electron chi connectivity index (χ0n) is 8.98. The third-order valence-electron chi connectivity index (χ3n) is 2.46. The molecule has 1 N–H and O–H groups in total. The highest BCUT2D eigenvalue weighted by Gasteiger charge is 2.63. The summed E-state index contributed by atoms with van der Waals surface area (Å²) in [6.45, 7) is 1.88. The van der Waals surface area contributed by atoms with E-state index in [2.05, 4.69) is 0 Å². The van der Waals surface area contributed by atoms with Gasteiger partial charge in [-0.25, -0.2) is 0 Å². The summed E-state index contributed by atoms with van der Waals surface area (Å²) < 4.78 is 65.9. The lowest BCUT2D eigenvalue weighted by molar-refractivity contribution is -0.270. The molecular weight excluding hydrogens is 249 g/mol. The number of ether oxygens (including phenoxy) is 1. The molecule has 17 heavy (non-hydrogen) atoms. The van der Waals surface area contributed by atoms with Gasteiger partial charge in [0.25, 0.3) is 0 Å². The number of alkyl halides is 5. The van der Waals surface area contributed by atoms with Crippen molar-refractivity contribution in [3.05, 3.63) is 0 Å². The molecule has 1 amide bonds. The fourth-order valence-electron chi connectivity index (χ4n) is 1.53. The number of hydrogen-bond donors (Lipinski definition) is 1. The molecule has 0 aromatic rings. The predicted molar refractivity (Wildman–Crippen MR) is 47.6 cm³/mol. The zero-order chi connectivity index (χ0) is 13.3. The van der Waals surface area contributed by atoms with Crippen LogP contribution in [0, 0.1) is 0 Å². The number of hydrogen-bond acceptors (Lipinski definition) is 2. The van der Waals surface area contributed by atoms with Crippen LogP contribution in [-0.2, 0) is 9.53 Å². The molecule has 0 spiro atoms. The molecule has 1 rings (SSSR count). The quantitative estimate of drug-likeness (QED) is 0.771. The van der Waals surface area contributed by atoms with E-state index in [-0.39, 0.29) is 25.6 Å². The SMILES string of the molecule is CC1CC(NC(=O)C(F)(F)C(F)(F)F)CCO1. The summed E-state index contributed by atoms with van der Waals surface area (Å²) in [7, 11) is 0. The topological polar surface area (TPSA) is 38.3 Å². The van der Waals surface area contributed by atoms with Crippen LogP contribution in [-0.4, -0.2) is 36.8 Å². The highest BCUT2D eigenvalue weighted by atomic mass is 19.4. The van der Waals surface area contributed by atoms with Crippen LogP contribution < -0.4 is 5.32 Å². The first kappa shape index (κ1) is 14.1.